The molecule has 8 aromatic carbocycles. The Bertz CT molecular complexity index is 7670. The number of pyridine rings is 2. The van der Waals surface area contributed by atoms with Crippen LogP contribution in [0.4, 0.5) is 0 Å². The van der Waals surface area contributed by atoms with E-state index >= 15 is 0 Å². The fourth-order valence-corrected chi connectivity index (χ4v) is 33.5. The quantitative estimate of drug-likeness (QED) is 0.142. The summed E-state index contributed by atoms with van der Waals surface area (Å²) in [6, 6.07) is 84.3. The second-order valence-electron chi connectivity index (χ2n) is 45.8. The van der Waals surface area contributed by atoms with Crippen LogP contribution < -0.4 is 2.89 Å². The van der Waals surface area contributed by atoms with Gasteiger partial charge in [-0.1, -0.05) is 168 Å². The van der Waals surface area contributed by atoms with Gasteiger partial charge in [0.2, 0.25) is 0 Å². The van der Waals surface area contributed by atoms with Crippen LogP contribution in [0.2, 0.25) is 14.8 Å². The Morgan fingerprint density at radius 2 is 0.451 bits per heavy atom. The van der Waals surface area contributed by atoms with Gasteiger partial charge in [0.25, 0.3) is 0 Å². The second kappa shape index (κ2) is 33.0. The van der Waals surface area contributed by atoms with Crippen molar-refractivity contribution in [2.45, 2.75) is 232 Å². The predicted molar refractivity (Wildman–Crippen MR) is 601 cm³/mol. The first-order chi connectivity index (χ1) is 62.0. The van der Waals surface area contributed by atoms with Gasteiger partial charge in [0.05, 0.1) is 44.5 Å². The Balaban J connectivity index is 0.000000149. The number of benzene rings is 8. The van der Waals surface area contributed by atoms with Crippen LogP contribution in [0, 0.1) is 0 Å². The van der Waals surface area contributed by atoms with Crippen molar-refractivity contribution in [1.82, 2.24) is 28.2 Å². The Morgan fingerprint density at radius 1 is 0.226 bits per heavy atom. The maximum atomic E-state index is 4.86. The number of hydrogen-bond donors (Lipinski definition) is 0. The van der Waals surface area contributed by atoms with E-state index in [0.717, 1.165) is 22.5 Å². The maximum absolute atomic E-state index is 4.86. The van der Waals surface area contributed by atoms with E-state index in [1.165, 1.54) is 199 Å². The first kappa shape index (κ1) is 92.7. The van der Waals surface area contributed by atoms with E-state index in [2.05, 4.69) is 423 Å². The molecule has 22 aromatic rings. The molecular weight excluding hydrogens is 1880 g/mol. The zero-order valence-electron chi connectivity index (χ0n) is 81.5. The molecule has 0 spiro atoms. The van der Waals surface area contributed by atoms with E-state index in [4.69, 9.17) is 9.97 Å². The standard InChI is InChI=1S/C62H58N4S4.C26H27NS2.C26H26NS2.CH4.3CH3.Sn/c1-59(2,3)37-13-17-47-41(27-37)42-28-38(60(4,5)6)14-18-48(42)65(47)57-33-55-53(69-57)31-51(67-55)35-21-23-63-45(25-35)46-26-36(22-24-64-46)52-32-54-56(68-52)34-58(70-54)66-49-19-15-39(61(7,8)9)29-43(49)44-30-40(62(10,11)12)16-20-50(44)66;2*1-25(2,3)16-7-9-20-18(13-16)19-14-17(26(4,5)6)8-10-21(19)27(20)24-15-23-22(29-24)11-12-28-23;;;;;/h13-34H,1-12H3;7-15H,1-6H3;7-11,13-15H,1-6H3;1H4;3*1H3;. The van der Waals surface area contributed by atoms with Crippen molar-refractivity contribution in [3.05, 3.63) is 281 Å². The number of hydrogen-bond acceptors (Lipinski definition) is 10. The van der Waals surface area contributed by atoms with Crippen molar-refractivity contribution in [2.75, 3.05) is 0 Å². The summed E-state index contributed by atoms with van der Waals surface area (Å²) in [7, 11) is 0. The SMILES string of the molecule is C.CC(C)(C)c1ccc2c(c1)c1cc(C(C)(C)C)ccc1n2-c1cc2s[c]([Sn]([CH3])([CH3])[CH3])cc2s1.CC(C)(C)c1ccc2c(c1)c1cc(C(C)(C)C)ccc1n2-c1cc2sc(-c3ccnc(-c4cc(-c5cc6sc(-n7c8ccc(C(C)(C)C)cc8c8cc(C(C)(C)C)ccc87)cc6s5)ccn4)c3)cc2s1.CC(C)(C)c1ccc2c(c1)c1cc(C(C)(C)C)ccc1n2-c1cc2sccc2s1. The average Bonchev–Trinajstić information content (AvgIpc) is 1.59. The van der Waals surface area contributed by atoms with Crippen LogP contribution in [0.3, 0.4) is 0 Å². The van der Waals surface area contributed by atoms with Gasteiger partial charge in [0, 0.05) is 82.7 Å². The summed E-state index contributed by atoms with van der Waals surface area (Å²) < 4.78 is 22.4. The van der Waals surface area contributed by atoms with Gasteiger partial charge in [-0.2, -0.15) is 0 Å². The number of rotatable bonds is 8. The molecule has 6 nitrogen and oxygen atoms in total. The van der Waals surface area contributed by atoms with Crippen LogP contribution >= 0.6 is 90.7 Å². The number of nitrogens with zero attached hydrogens (tertiary/aromatic N) is 6. The first-order valence-corrected chi connectivity index (χ1v) is 63.0. The minimum atomic E-state index is -2.04. The monoisotopic (exact) mass is 2000 g/mol. The van der Waals surface area contributed by atoms with Crippen molar-refractivity contribution in [1.29, 1.82) is 0 Å². The molecule has 0 aliphatic heterocycles. The molecule has 22 rings (SSSR count). The van der Waals surface area contributed by atoms with Gasteiger partial charge in [0.15, 0.2) is 0 Å². The summed E-state index contributed by atoms with van der Waals surface area (Å²) in [4.78, 5) is 19.7. The van der Waals surface area contributed by atoms with Crippen LogP contribution in [0.1, 0.15) is 218 Å². The van der Waals surface area contributed by atoms with Crippen molar-refractivity contribution >= 4 is 237 Å². The minimum absolute atomic E-state index is 0. The molecule has 0 atom stereocenters. The summed E-state index contributed by atoms with van der Waals surface area (Å²) in [5, 5.41) is 18.0. The van der Waals surface area contributed by atoms with Gasteiger partial charge in [-0.15, -0.1) is 68.0 Å². The Kier molecular flexibility index (Phi) is 23.0. The third-order valence-electron chi connectivity index (χ3n) is 26.7. The topological polar surface area (TPSA) is 45.5 Å². The molecule has 0 bridgehead atoms. The second-order valence-corrected chi connectivity index (χ2v) is 69.7. The molecule has 0 saturated carbocycles. The fraction of sp³-hybridized carbons (Fsp3) is 0.305. The molecule has 15 heteroatoms. The molecule has 14 aromatic heterocycles. The Morgan fingerprint density at radius 3 is 0.677 bits per heavy atom. The van der Waals surface area contributed by atoms with Gasteiger partial charge in [-0.3, -0.25) is 9.97 Å². The maximum Gasteiger partial charge on any atom is 0.102 e. The van der Waals surface area contributed by atoms with Crippen LogP contribution in [-0.4, -0.2) is 46.6 Å². The van der Waals surface area contributed by atoms with Crippen LogP contribution in [0.15, 0.2) is 236 Å². The molecule has 14 heterocycles. The third kappa shape index (κ3) is 17.2. The van der Waals surface area contributed by atoms with E-state index < -0.39 is 18.4 Å². The predicted octanol–water partition coefficient (Wildman–Crippen LogP) is 37.9. The summed E-state index contributed by atoms with van der Waals surface area (Å²) in [5.41, 5.74) is 26.1. The van der Waals surface area contributed by atoms with E-state index in [-0.39, 0.29) is 50.7 Å². The molecule has 678 valence electrons. The van der Waals surface area contributed by atoms with E-state index in [0.29, 0.717) is 0 Å². The molecule has 0 fully saturated rings. The number of thiophene rings is 8. The van der Waals surface area contributed by atoms with Crippen molar-refractivity contribution in [3.8, 4) is 52.3 Å². The van der Waals surface area contributed by atoms with Crippen molar-refractivity contribution in [2.24, 2.45) is 0 Å². The van der Waals surface area contributed by atoms with Gasteiger partial charge in [-0.05, 0) is 216 Å². The fourth-order valence-electron chi connectivity index (χ4n) is 18.5. The molecule has 0 saturated heterocycles. The van der Waals surface area contributed by atoms with Gasteiger partial charge in [0.1, 0.15) is 15.0 Å². The summed E-state index contributed by atoms with van der Waals surface area (Å²) in [6.07, 6.45) is 3.86. The number of aromatic nitrogens is 6. The van der Waals surface area contributed by atoms with Gasteiger partial charge in [-0.25, -0.2) is 0 Å². The van der Waals surface area contributed by atoms with Crippen LogP contribution in [-0.2, 0) is 43.3 Å². The molecule has 0 radical (unpaired) electrons. The molecule has 0 N–H and O–H groups in total. The third-order valence-corrected chi connectivity index (χ3v) is 45.1. The Hall–Kier alpha value is -9.30. The van der Waals surface area contributed by atoms with Crippen LogP contribution in [0.5, 0.6) is 0 Å². The van der Waals surface area contributed by atoms with E-state index in [1.807, 2.05) is 103 Å². The summed E-state index contributed by atoms with van der Waals surface area (Å²) in [6.45, 7) is 55.2. The minimum Gasteiger partial charge on any atom is -0.301 e. The molecule has 0 aliphatic carbocycles. The summed E-state index contributed by atoms with van der Waals surface area (Å²) >= 11 is 13.1. The smallest absolute Gasteiger partial charge is 0.102 e. The van der Waals surface area contributed by atoms with Gasteiger partial charge >= 0.3 is 212 Å². The van der Waals surface area contributed by atoms with Crippen LogP contribution in [0.25, 0.3) is 177 Å². The zero-order chi connectivity index (χ0) is 93.3. The van der Waals surface area contributed by atoms with Crippen molar-refractivity contribution < 1.29 is 0 Å². The largest absolute Gasteiger partial charge is 0.301 e. The Labute approximate surface area is 821 Å². The molecule has 0 unspecified atom stereocenters. The molecule has 0 amide bonds. The van der Waals surface area contributed by atoms with E-state index in [9.17, 15) is 0 Å². The first-order valence-electron chi connectivity index (χ1n) is 46.4. The summed E-state index contributed by atoms with van der Waals surface area (Å²) in [5.74, 6) is 0. The zero-order valence-corrected chi connectivity index (χ0v) is 90.9. The van der Waals surface area contributed by atoms with E-state index in [1.54, 1.807) is 2.89 Å². The molecule has 133 heavy (non-hydrogen) atoms. The average molecular weight is 2000 g/mol. The number of fused-ring (bicyclic) bond motifs is 16. The molecule has 0 aliphatic rings. The normalized spacial score (nSPS) is 13.2. The van der Waals surface area contributed by atoms with Crippen molar-refractivity contribution in [3.63, 3.8) is 0 Å². The molecular formula is C118H124N6S8Sn. The van der Waals surface area contributed by atoms with Gasteiger partial charge < -0.3 is 13.7 Å².